The van der Waals surface area contributed by atoms with Crippen LogP contribution >= 0.6 is 0 Å². The molecule has 21 heteroatoms. The lowest BCUT2D eigenvalue weighted by molar-refractivity contribution is -0.145. The van der Waals surface area contributed by atoms with Crippen molar-refractivity contribution in [2.45, 2.75) is 124 Å². The number of nitrogens with one attached hydrogen (secondary N) is 4. The van der Waals surface area contributed by atoms with E-state index in [1.807, 2.05) is 51.1 Å². The van der Waals surface area contributed by atoms with Crippen LogP contribution in [0.2, 0.25) is 0 Å². The SMILES string of the molecule is CC(C)[C@H](NC(=O)CCCCCN1C(=O)C=CC1=O)C(=O)C[C@@H](CCCNC(N)=O)C(=O)Nc1ccc(COC(=O)NCCCN(C(=O)[C@H](C)O)[C@@H](c2nc(-c3cc(F)ccc3F)cn2Cc2ccccc2)C(C)(C)C)cc1. The summed E-state index contributed by atoms with van der Waals surface area (Å²) in [5.41, 5.74) is 6.50. The van der Waals surface area contributed by atoms with Gasteiger partial charge in [-0.1, -0.05) is 83.5 Å². The van der Waals surface area contributed by atoms with Crippen LogP contribution in [-0.2, 0) is 46.7 Å². The molecule has 0 saturated carbocycles. The van der Waals surface area contributed by atoms with E-state index in [4.69, 9.17) is 15.5 Å². The van der Waals surface area contributed by atoms with E-state index in [0.29, 0.717) is 49.3 Å². The Morgan fingerprint density at radius 1 is 0.833 bits per heavy atom. The Hall–Kier alpha value is -7.81. The highest BCUT2D eigenvalue weighted by Crippen LogP contribution is 2.40. The van der Waals surface area contributed by atoms with Crippen LogP contribution in [0.3, 0.4) is 0 Å². The fraction of sp³-hybridized carbons (Fsp3) is 0.456. The second-order valence-corrected chi connectivity index (χ2v) is 20.8. The van der Waals surface area contributed by atoms with Gasteiger partial charge in [-0.25, -0.2) is 23.4 Å². The molecule has 8 amide bonds. The van der Waals surface area contributed by atoms with Gasteiger partial charge in [-0.15, -0.1) is 0 Å². The zero-order valence-corrected chi connectivity index (χ0v) is 45.2. The quantitative estimate of drug-likeness (QED) is 0.0236. The first-order valence-electron chi connectivity index (χ1n) is 26.3. The summed E-state index contributed by atoms with van der Waals surface area (Å²) in [5, 5.41) is 21.5. The van der Waals surface area contributed by atoms with Crippen LogP contribution in [0.4, 0.5) is 24.1 Å². The number of halogens is 2. The molecule has 5 rings (SSSR count). The van der Waals surface area contributed by atoms with E-state index in [1.54, 1.807) is 48.9 Å². The van der Waals surface area contributed by atoms with Crippen molar-refractivity contribution in [2.24, 2.45) is 23.0 Å². The number of carbonyl (C=O) groups excluding carboxylic acids is 8. The van der Waals surface area contributed by atoms with Crippen LogP contribution in [0, 0.1) is 28.9 Å². The number of aliphatic hydroxyl groups excluding tert-OH is 1. The molecule has 3 aromatic carbocycles. The molecular weight excluding hydrogens is 1010 g/mol. The van der Waals surface area contributed by atoms with Crippen molar-refractivity contribution in [2.75, 3.05) is 31.5 Å². The lowest BCUT2D eigenvalue weighted by Gasteiger charge is -2.40. The Kier molecular flexibility index (Phi) is 22.8. The summed E-state index contributed by atoms with van der Waals surface area (Å²) in [4.78, 5) is 110. The molecule has 0 aliphatic carbocycles. The largest absolute Gasteiger partial charge is 0.445 e. The number of ketones is 1. The molecule has 0 saturated heterocycles. The lowest BCUT2D eigenvalue weighted by atomic mass is 9.84. The molecule has 1 aliphatic heterocycles. The maximum Gasteiger partial charge on any atom is 0.407 e. The normalized spacial score (nSPS) is 13.9. The van der Waals surface area contributed by atoms with Gasteiger partial charge in [-0.2, -0.15) is 0 Å². The highest BCUT2D eigenvalue weighted by molar-refractivity contribution is 6.12. The molecule has 0 radical (unpaired) electrons. The smallest absolute Gasteiger partial charge is 0.407 e. The molecule has 4 aromatic rings. The fourth-order valence-electron chi connectivity index (χ4n) is 9.05. The zero-order chi connectivity index (χ0) is 57.1. The van der Waals surface area contributed by atoms with Gasteiger partial charge in [0.15, 0.2) is 5.78 Å². The van der Waals surface area contributed by atoms with Gasteiger partial charge >= 0.3 is 12.1 Å². The summed E-state index contributed by atoms with van der Waals surface area (Å²) >= 11 is 0. The minimum atomic E-state index is -1.40. The minimum Gasteiger partial charge on any atom is -0.445 e. The molecule has 420 valence electrons. The number of imide groups is 1. The first-order valence-corrected chi connectivity index (χ1v) is 26.3. The maximum absolute atomic E-state index is 15.2. The molecule has 2 heterocycles. The monoisotopic (exact) mass is 1080 g/mol. The Morgan fingerprint density at radius 3 is 2.15 bits per heavy atom. The Bertz CT molecular complexity index is 2740. The summed E-state index contributed by atoms with van der Waals surface area (Å²) < 4.78 is 36.9. The topological polar surface area (TPSA) is 264 Å². The summed E-state index contributed by atoms with van der Waals surface area (Å²) in [6, 6.07) is 16.7. The van der Waals surface area contributed by atoms with Gasteiger partial charge in [-0.3, -0.25) is 33.7 Å². The predicted octanol–water partition coefficient (Wildman–Crippen LogP) is 7.08. The van der Waals surface area contributed by atoms with Crippen LogP contribution in [0.15, 0.2) is 91.1 Å². The van der Waals surface area contributed by atoms with Crippen LogP contribution in [0.25, 0.3) is 11.3 Å². The van der Waals surface area contributed by atoms with Crippen molar-refractivity contribution in [3.05, 3.63) is 120 Å². The van der Waals surface area contributed by atoms with Gasteiger partial charge in [0.2, 0.25) is 11.8 Å². The summed E-state index contributed by atoms with van der Waals surface area (Å²) in [5.74, 6) is -4.55. The molecule has 19 nitrogen and oxygen atoms in total. The second kappa shape index (κ2) is 29.1. The number of primary amides is 1. The number of carbonyl (C=O) groups is 8. The number of amides is 8. The standard InChI is InChI=1S/C57H73F2N9O10/c1-36(2)50(65-47(71)18-11-8-12-29-67-48(72)25-26-49(67)73)46(70)31-40(17-13-27-61-55(60)76)53(74)63-42-22-19-39(20-23-42)35-78-56(77)62-28-14-30-68(54(75)37(3)69)51(57(4,5)6)52-64-45(43-32-41(58)21-24-44(43)59)34-66(52)33-38-15-9-7-10-16-38/h7,9-10,15-16,19-26,32,34,36-37,40,50-51,69H,8,11-14,17-18,27-31,33,35H2,1-6H3,(H,62,77)(H,63,74)(H,65,71)(H3,60,61,76)/t37-,40+,50-,51-/m0/s1. The molecule has 1 aliphatic rings. The predicted molar refractivity (Wildman–Crippen MR) is 288 cm³/mol. The number of imidazole rings is 1. The van der Waals surface area contributed by atoms with E-state index in [9.17, 15) is 47.9 Å². The van der Waals surface area contributed by atoms with E-state index in [0.717, 1.165) is 28.7 Å². The summed E-state index contributed by atoms with van der Waals surface area (Å²) in [6.07, 6.45) is 4.18. The third kappa shape index (κ3) is 18.4. The number of anilines is 1. The number of nitrogens with zero attached hydrogens (tertiary/aromatic N) is 4. The first-order chi connectivity index (χ1) is 37.0. The van der Waals surface area contributed by atoms with Crippen LogP contribution in [0.1, 0.15) is 116 Å². The van der Waals surface area contributed by atoms with Crippen LogP contribution in [-0.4, -0.2) is 110 Å². The summed E-state index contributed by atoms with van der Waals surface area (Å²) in [6.45, 7) is 11.4. The Balaban J connectivity index is 1.16. The number of aromatic nitrogens is 2. The van der Waals surface area contributed by atoms with E-state index in [-0.39, 0.29) is 99.1 Å². The molecule has 0 bridgehead atoms. The number of alkyl carbamates (subject to hydrolysis) is 1. The van der Waals surface area contributed by atoms with Crippen LogP contribution in [0.5, 0.6) is 0 Å². The van der Waals surface area contributed by atoms with E-state index < -0.39 is 65.1 Å². The average Bonchev–Trinajstić information content (AvgIpc) is 3.99. The van der Waals surface area contributed by atoms with Crippen molar-refractivity contribution in [1.29, 1.82) is 0 Å². The Morgan fingerprint density at radius 2 is 1.51 bits per heavy atom. The third-order valence-corrected chi connectivity index (χ3v) is 13.0. The molecule has 0 fully saturated rings. The third-order valence-electron chi connectivity index (χ3n) is 13.0. The highest BCUT2D eigenvalue weighted by atomic mass is 19.1. The molecule has 78 heavy (non-hydrogen) atoms. The molecule has 1 aromatic heterocycles. The van der Waals surface area contributed by atoms with Gasteiger partial charge in [0.05, 0.1) is 17.8 Å². The number of benzene rings is 3. The number of aliphatic hydroxyl groups is 1. The van der Waals surface area contributed by atoms with E-state index in [1.165, 1.54) is 24.0 Å². The number of Topliss-reactive ketones (excluding diaryl/α,β-unsaturated/α-hetero) is 1. The van der Waals surface area contributed by atoms with Crippen LogP contribution < -0.4 is 27.0 Å². The maximum atomic E-state index is 15.2. The Labute approximate surface area is 453 Å². The fourth-order valence-corrected chi connectivity index (χ4v) is 9.05. The molecule has 4 atom stereocenters. The summed E-state index contributed by atoms with van der Waals surface area (Å²) in [7, 11) is 0. The van der Waals surface area contributed by atoms with Gasteiger partial charge in [-0.05, 0) is 91.8 Å². The highest BCUT2D eigenvalue weighted by Gasteiger charge is 2.39. The number of ether oxygens (including phenoxy) is 1. The molecular formula is C57H73F2N9O10. The van der Waals surface area contributed by atoms with Gasteiger partial charge in [0, 0.05) is 81.1 Å². The molecule has 0 unspecified atom stereocenters. The molecule has 0 spiro atoms. The average molecular weight is 1080 g/mol. The van der Waals surface area contributed by atoms with E-state index in [2.05, 4.69) is 21.3 Å². The van der Waals surface area contributed by atoms with Crippen molar-refractivity contribution in [3.8, 4) is 11.3 Å². The van der Waals surface area contributed by atoms with Gasteiger partial charge < -0.3 is 46.3 Å². The van der Waals surface area contributed by atoms with Gasteiger partial charge in [0.25, 0.3) is 17.7 Å². The lowest BCUT2D eigenvalue weighted by Crippen LogP contribution is -2.47. The number of urea groups is 1. The van der Waals surface area contributed by atoms with Crippen molar-refractivity contribution < 1.29 is 57.0 Å². The zero-order valence-electron chi connectivity index (χ0n) is 45.2. The van der Waals surface area contributed by atoms with Crippen molar-refractivity contribution in [3.63, 3.8) is 0 Å². The van der Waals surface area contributed by atoms with Crippen molar-refractivity contribution >= 4 is 53.1 Å². The number of rotatable bonds is 29. The second-order valence-electron chi connectivity index (χ2n) is 20.8. The number of nitrogens with two attached hydrogens (primary N) is 1. The number of unbranched alkanes of at least 4 members (excludes halogenated alkanes) is 2. The number of hydrogen-bond acceptors (Lipinski definition) is 11. The minimum absolute atomic E-state index is 0.0521. The number of hydrogen-bond donors (Lipinski definition) is 6. The van der Waals surface area contributed by atoms with Crippen molar-refractivity contribution in [1.82, 2.24) is 35.3 Å². The molecule has 7 N–H and O–H groups in total. The van der Waals surface area contributed by atoms with Gasteiger partial charge in [0.1, 0.15) is 30.2 Å². The van der Waals surface area contributed by atoms with E-state index >= 15 is 4.39 Å². The first kappa shape index (κ1) is 61.0.